The van der Waals surface area contributed by atoms with Gasteiger partial charge in [-0.05, 0) is 44.7 Å². The first-order valence-corrected chi connectivity index (χ1v) is 9.12. The number of rotatable bonds is 8. The summed E-state index contributed by atoms with van der Waals surface area (Å²) in [6.07, 6.45) is 3.32. The van der Waals surface area contributed by atoms with Crippen molar-refractivity contribution >= 4 is 17.7 Å². The van der Waals surface area contributed by atoms with E-state index in [1.807, 2.05) is 26.8 Å². The Balaban J connectivity index is 2.49. The summed E-state index contributed by atoms with van der Waals surface area (Å²) in [5, 5.41) is 12.9. The largest absolute Gasteiger partial charge is 0.353 e. The molecule has 0 spiro atoms. The molecule has 0 unspecified atom stereocenters. The Labute approximate surface area is 144 Å². The summed E-state index contributed by atoms with van der Waals surface area (Å²) >= 11 is 1.33. The molecule has 0 aliphatic rings. The highest BCUT2D eigenvalue weighted by molar-refractivity contribution is 8.00. The zero-order valence-electron chi connectivity index (χ0n) is 14.8. The summed E-state index contributed by atoms with van der Waals surface area (Å²) in [5.74, 6) is 0.990. The molecule has 0 fully saturated rings. The first-order valence-electron chi connectivity index (χ1n) is 8.14. The van der Waals surface area contributed by atoms with E-state index in [1.165, 1.54) is 18.2 Å². The maximum atomic E-state index is 12.1. The van der Waals surface area contributed by atoms with E-state index in [0.29, 0.717) is 22.3 Å². The van der Waals surface area contributed by atoms with Crippen molar-refractivity contribution in [3.63, 3.8) is 0 Å². The van der Waals surface area contributed by atoms with Gasteiger partial charge in [0.1, 0.15) is 11.1 Å². The number of amides is 1. The minimum absolute atomic E-state index is 0.00287. The van der Waals surface area contributed by atoms with Crippen LogP contribution in [-0.4, -0.2) is 22.7 Å². The highest BCUT2D eigenvalue weighted by Crippen LogP contribution is 2.23. The summed E-state index contributed by atoms with van der Waals surface area (Å²) in [6.45, 7) is 10.3. The zero-order valence-corrected chi connectivity index (χ0v) is 15.6. The second kappa shape index (κ2) is 9.57. The maximum absolute atomic E-state index is 12.1. The van der Waals surface area contributed by atoms with Gasteiger partial charge in [0.25, 0.3) is 0 Å². The average Bonchev–Trinajstić information content (AvgIpc) is 2.44. The molecule has 0 aliphatic carbocycles. The fourth-order valence-corrected chi connectivity index (χ4v) is 3.31. The van der Waals surface area contributed by atoms with Gasteiger partial charge in [-0.25, -0.2) is 4.98 Å². The van der Waals surface area contributed by atoms with Gasteiger partial charge in [-0.2, -0.15) is 5.26 Å². The molecule has 0 radical (unpaired) electrons. The molecule has 126 valence electrons. The number of carbonyl (C=O) groups is 1. The molecule has 23 heavy (non-hydrogen) atoms. The van der Waals surface area contributed by atoms with E-state index in [2.05, 4.69) is 30.2 Å². The molecule has 0 aliphatic heterocycles. The number of hydrogen-bond donors (Lipinski definition) is 1. The van der Waals surface area contributed by atoms with Crippen LogP contribution in [0.3, 0.4) is 0 Å². The van der Waals surface area contributed by atoms with Crippen LogP contribution < -0.4 is 5.32 Å². The fraction of sp³-hybridized carbons (Fsp3) is 0.611. The Morgan fingerprint density at radius 1 is 1.35 bits per heavy atom. The van der Waals surface area contributed by atoms with Crippen molar-refractivity contribution in [1.82, 2.24) is 10.3 Å². The van der Waals surface area contributed by atoms with Gasteiger partial charge >= 0.3 is 0 Å². The molecule has 1 rings (SSSR count). The minimum Gasteiger partial charge on any atom is -0.353 e. The van der Waals surface area contributed by atoms with Gasteiger partial charge < -0.3 is 5.32 Å². The second-order valence-electron chi connectivity index (χ2n) is 6.45. The molecule has 0 saturated heterocycles. The molecule has 1 heterocycles. The normalized spacial score (nSPS) is 12.0. The van der Waals surface area contributed by atoms with Crippen LogP contribution in [0, 0.1) is 31.1 Å². The van der Waals surface area contributed by atoms with Crippen LogP contribution in [0.2, 0.25) is 0 Å². The molecule has 1 N–H and O–H groups in total. The first kappa shape index (κ1) is 19.5. The number of carbonyl (C=O) groups excluding carboxylic acids is 1. The summed E-state index contributed by atoms with van der Waals surface area (Å²) in [5.41, 5.74) is 2.34. The topological polar surface area (TPSA) is 65.8 Å². The van der Waals surface area contributed by atoms with Gasteiger partial charge in [0.2, 0.25) is 5.91 Å². The molecule has 0 saturated carbocycles. The van der Waals surface area contributed by atoms with Gasteiger partial charge in [-0.15, -0.1) is 0 Å². The van der Waals surface area contributed by atoms with E-state index >= 15 is 0 Å². The molecular weight excluding hydrogens is 306 g/mol. The Bertz CT molecular complexity index is 578. The van der Waals surface area contributed by atoms with Crippen LogP contribution >= 0.6 is 11.8 Å². The Morgan fingerprint density at radius 2 is 2.04 bits per heavy atom. The highest BCUT2D eigenvalue weighted by atomic mass is 32.2. The van der Waals surface area contributed by atoms with Crippen LogP contribution in [0.25, 0.3) is 0 Å². The third-order valence-electron chi connectivity index (χ3n) is 3.59. The van der Waals surface area contributed by atoms with Crippen molar-refractivity contribution in [2.24, 2.45) is 5.92 Å². The maximum Gasteiger partial charge on any atom is 0.230 e. The number of nitrogens with zero attached hydrogens (tertiary/aromatic N) is 2. The van der Waals surface area contributed by atoms with Gasteiger partial charge in [0.05, 0.1) is 11.3 Å². The van der Waals surface area contributed by atoms with Crippen LogP contribution in [0.15, 0.2) is 11.1 Å². The van der Waals surface area contributed by atoms with Crippen LogP contribution in [-0.2, 0) is 4.79 Å². The molecule has 1 aromatic heterocycles. The SMILES string of the molecule is Cc1cc(C)c(C#N)c(SCC(=O)N[C@H](C)CCCC(C)C)n1. The minimum atomic E-state index is -0.00287. The van der Waals surface area contributed by atoms with E-state index in [0.717, 1.165) is 24.1 Å². The van der Waals surface area contributed by atoms with E-state index < -0.39 is 0 Å². The number of thioether (sulfide) groups is 1. The number of nitriles is 1. The van der Waals surface area contributed by atoms with Crippen molar-refractivity contribution < 1.29 is 4.79 Å². The molecule has 1 atom stereocenters. The fourth-order valence-electron chi connectivity index (χ4n) is 2.40. The van der Waals surface area contributed by atoms with Crippen LogP contribution in [0.5, 0.6) is 0 Å². The number of nitrogens with one attached hydrogen (secondary N) is 1. The third kappa shape index (κ3) is 7.04. The first-order chi connectivity index (χ1) is 10.8. The third-order valence-corrected chi connectivity index (χ3v) is 4.56. The second-order valence-corrected chi connectivity index (χ2v) is 7.42. The van der Waals surface area contributed by atoms with Crippen molar-refractivity contribution in [1.29, 1.82) is 5.26 Å². The Hall–Kier alpha value is -1.54. The lowest BCUT2D eigenvalue weighted by atomic mass is 10.0. The molecule has 0 bridgehead atoms. The van der Waals surface area contributed by atoms with Crippen molar-refractivity contribution in [3.05, 3.63) is 22.9 Å². The summed E-state index contributed by atoms with van der Waals surface area (Å²) in [6, 6.07) is 4.25. The summed E-state index contributed by atoms with van der Waals surface area (Å²) in [4.78, 5) is 16.4. The lowest BCUT2D eigenvalue weighted by Gasteiger charge is -2.14. The van der Waals surface area contributed by atoms with Gasteiger partial charge in [0.15, 0.2) is 0 Å². The van der Waals surface area contributed by atoms with Crippen LogP contribution in [0.1, 0.15) is 56.9 Å². The Morgan fingerprint density at radius 3 is 2.65 bits per heavy atom. The van der Waals surface area contributed by atoms with E-state index in [-0.39, 0.29) is 11.9 Å². The molecule has 5 heteroatoms. The number of aromatic nitrogens is 1. The van der Waals surface area contributed by atoms with Crippen molar-refractivity contribution in [2.45, 2.75) is 64.9 Å². The number of pyridine rings is 1. The van der Waals surface area contributed by atoms with E-state index in [9.17, 15) is 10.1 Å². The van der Waals surface area contributed by atoms with E-state index in [4.69, 9.17) is 0 Å². The molecular formula is C18H27N3OS. The summed E-state index contributed by atoms with van der Waals surface area (Å²) < 4.78 is 0. The summed E-state index contributed by atoms with van der Waals surface area (Å²) in [7, 11) is 0. The van der Waals surface area contributed by atoms with Crippen molar-refractivity contribution in [2.75, 3.05) is 5.75 Å². The molecule has 4 nitrogen and oxygen atoms in total. The van der Waals surface area contributed by atoms with Gasteiger partial charge in [-0.3, -0.25) is 4.79 Å². The molecule has 1 aromatic rings. The van der Waals surface area contributed by atoms with Gasteiger partial charge in [0, 0.05) is 11.7 Å². The lowest BCUT2D eigenvalue weighted by molar-refractivity contribution is -0.119. The standard InChI is InChI=1S/C18H27N3OS/c1-12(2)7-6-8-14(4)20-17(22)11-23-18-16(10-19)13(3)9-15(5)21-18/h9,12,14H,6-8,11H2,1-5H3,(H,20,22)/t14-/m1/s1. The van der Waals surface area contributed by atoms with Crippen LogP contribution in [0.4, 0.5) is 0 Å². The quantitative estimate of drug-likeness (QED) is 0.730. The smallest absolute Gasteiger partial charge is 0.230 e. The zero-order chi connectivity index (χ0) is 17.4. The molecule has 0 aromatic carbocycles. The van der Waals surface area contributed by atoms with Crippen molar-refractivity contribution in [3.8, 4) is 6.07 Å². The number of hydrogen-bond acceptors (Lipinski definition) is 4. The number of aryl methyl sites for hydroxylation is 2. The Kier molecular flexibility index (Phi) is 8.11. The van der Waals surface area contributed by atoms with Gasteiger partial charge in [-0.1, -0.05) is 38.5 Å². The predicted octanol–water partition coefficient (Wildman–Crippen LogP) is 3.99. The average molecular weight is 334 g/mol. The van der Waals surface area contributed by atoms with E-state index in [1.54, 1.807) is 0 Å². The lowest BCUT2D eigenvalue weighted by Crippen LogP contribution is -2.33. The molecule has 1 amide bonds. The monoisotopic (exact) mass is 333 g/mol. The predicted molar refractivity (Wildman–Crippen MR) is 95.4 cm³/mol. The highest BCUT2D eigenvalue weighted by Gasteiger charge is 2.13.